The molecule has 0 atom stereocenters. The van der Waals surface area contributed by atoms with Crippen molar-refractivity contribution < 1.29 is 9.84 Å². The Morgan fingerprint density at radius 1 is 1.20 bits per heavy atom. The molecule has 2 aromatic rings. The van der Waals surface area contributed by atoms with Crippen molar-refractivity contribution in [3.63, 3.8) is 0 Å². The van der Waals surface area contributed by atoms with Gasteiger partial charge in [0.15, 0.2) is 0 Å². The van der Waals surface area contributed by atoms with Crippen molar-refractivity contribution in [3.05, 3.63) is 35.1 Å². The van der Waals surface area contributed by atoms with Crippen LogP contribution in [0.15, 0.2) is 24.3 Å². The van der Waals surface area contributed by atoms with E-state index in [0.29, 0.717) is 11.7 Å². The molecule has 0 fully saturated rings. The first-order valence-electron chi connectivity index (χ1n) is 6.24. The lowest BCUT2D eigenvalue weighted by Crippen LogP contribution is -2.06. The Morgan fingerprint density at radius 2 is 1.95 bits per heavy atom. The van der Waals surface area contributed by atoms with Crippen LogP contribution >= 0.6 is 11.6 Å². The summed E-state index contributed by atoms with van der Waals surface area (Å²) in [6.07, 6.45) is 0.947. The standard InChI is InChI=1S/C13H15ClN4O2/c1-2-7-15-12-16-11(14)17-13(18-12)20-10-5-3-9(8-19)4-6-10/h3-6,19H,2,7-8H2,1H3,(H,15,16,17,18). The molecular weight excluding hydrogens is 280 g/mol. The van der Waals surface area contributed by atoms with E-state index in [1.54, 1.807) is 24.3 Å². The van der Waals surface area contributed by atoms with Crippen LogP contribution in [0.5, 0.6) is 11.8 Å². The van der Waals surface area contributed by atoms with Crippen LogP contribution in [0.25, 0.3) is 0 Å². The highest BCUT2D eigenvalue weighted by Gasteiger charge is 2.07. The fourth-order valence-electron chi connectivity index (χ4n) is 1.46. The zero-order valence-corrected chi connectivity index (χ0v) is 11.8. The highest BCUT2D eigenvalue weighted by atomic mass is 35.5. The van der Waals surface area contributed by atoms with Crippen LogP contribution in [0.3, 0.4) is 0 Å². The molecule has 0 aliphatic carbocycles. The molecule has 0 aliphatic rings. The Kier molecular flexibility index (Phi) is 5.09. The number of aliphatic hydroxyl groups is 1. The highest BCUT2D eigenvalue weighted by Crippen LogP contribution is 2.20. The summed E-state index contributed by atoms with van der Waals surface area (Å²) >= 11 is 5.83. The quantitative estimate of drug-likeness (QED) is 0.852. The van der Waals surface area contributed by atoms with Crippen LogP contribution in [0.2, 0.25) is 5.28 Å². The van der Waals surface area contributed by atoms with Gasteiger partial charge in [0.25, 0.3) is 0 Å². The van der Waals surface area contributed by atoms with E-state index in [9.17, 15) is 0 Å². The fraction of sp³-hybridized carbons (Fsp3) is 0.308. The summed E-state index contributed by atoms with van der Waals surface area (Å²) in [4.78, 5) is 12.0. The maximum atomic E-state index is 8.97. The van der Waals surface area contributed by atoms with Gasteiger partial charge in [0.1, 0.15) is 5.75 Å². The smallest absolute Gasteiger partial charge is 0.328 e. The van der Waals surface area contributed by atoms with Gasteiger partial charge < -0.3 is 15.2 Å². The van der Waals surface area contributed by atoms with Gasteiger partial charge in [-0.3, -0.25) is 0 Å². The number of aromatic nitrogens is 3. The predicted molar refractivity (Wildman–Crippen MR) is 76.1 cm³/mol. The molecule has 1 heterocycles. The van der Waals surface area contributed by atoms with Crippen LogP contribution in [0.4, 0.5) is 5.95 Å². The van der Waals surface area contributed by atoms with Crippen molar-refractivity contribution in [2.45, 2.75) is 20.0 Å². The van der Waals surface area contributed by atoms with E-state index in [0.717, 1.165) is 18.5 Å². The number of nitrogens with zero attached hydrogens (tertiary/aromatic N) is 3. The molecule has 2 rings (SSSR count). The number of nitrogens with one attached hydrogen (secondary N) is 1. The minimum atomic E-state index is -0.0110. The van der Waals surface area contributed by atoms with Crippen molar-refractivity contribution in [1.82, 2.24) is 15.0 Å². The second kappa shape index (κ2) is 7.02. The predicted octanol–water partition coefficient (Wildman–Crippen LogP) is 2.63. The van der Waals surface area contributed by atoms with Gasteiger partial charge in [-0.25, -0.2) is 0 Å². The third kappa shape index (κ3) is 4.04. The molecule has 2 N–H and O–H groups in total. The maximum Gasteiger partial charge on any atom is 0.328 e. The van der Waals surface area contributed by atoms with E-state index in [4.69, 9.17) is 21.4 Å². The highest BCUT2D eigenvalue weighted by molar-refractivity contribution is 6.28. The molecule has 0 saturated heterocycles. The first kappa shape index (κ1) is 14.5. The molecule has 0 spiro atoms. The molecule has 0 amide bonds. The lowest BCUT2D eigenvalue weighted by molar-refractivity contribution is 0.281. The fourth-order valence-corrected chi connectivity index (χ4v) is 1.61. The summed E-state index contributed by atoms with van der Waals surface area (Å²) in [7, 11) is 0. The van der Waals surface area contributed by atoms with Gasteiger partial charge in [-0.05, 0) is 35.7 Å². The van der Waals surface area contributed by atoms with Crippen LogP contribution < -0.4 is 10.1 Å². The minimum absolute atomic E-state index is 0.0110. The first-order chi connectivity index (χ1) is 9.71. The first-order valence-corrected chi connectivity index (χ1v) is 6.62. The molecule has 106 valence electrons. The van der Waals surface area contributed by atoms with Gasteiger partial charge in [0.05, 0.1) is 6.61 Å². The van der Waals surface area contributed by atoms with Crippen LogP contribution in [0.1, 0.15) is 18.9 Å². The number of anilines is 1. The zero-order valence-electron chi connectivity index (χ0n) is 11.0. The van der Waals surface area contributed by atoms with Gasteiger partial charge in [-0.2, -0.15) is 15.0 Å². The van der Waals surface area contributed by atoms with Crippen molar-refractivity contribution in [3.8, 4) is 11.8 Å². The van der Waals surface area contributed by atoms with E-state index < -0.39 is 0 Å². The third-order valence-electron chi connectivity index (χ3n) is 2.44. The molecule has 0 unspecified atom stereocenters. The number of aliphatic hydroxyl groups excluding tert-OH is 1. The molecule has 20 heavy (non-hydrogen) atoms. The Morgan fingerprint density at radius 3 is 2.60 bits per heavy atom. The summed E-state index contributed by atoms with van der Waals surface area (Å²) < 4.78 is 5.51. The number of benzene rings is 1. The Balaban J connectivity index is 2.12. The molecule has 0 radical (unpaired) electrons. The number of rotatable bonds is 6. The van der Waals surface area contributed by atoms with Crippen LogP contribution in [-0.2, 0) is 6.61 Å². The molecule has 0 aliphatic heterocycles. The molecule has 0 bridgehead atoms. The van der Waals surface area contributed by atoms with E-state index in [2.05, 4.69) is 20.3 Å². The van der Waals surface area contributed by atoms with Crippen molar-refractivity contribution in [1.29, 1.82) is 0 Å². The second-order valence-corrected chi connectivity index (χ2v) is 4.38. The summed E-state index contributed by atoms with van der Waals surface area (Å²) in [6, 6.07) is 7.09. The van der Waals surface area contributed by atoms with E-state index in [1.165, 1.54) is 0 Å². The molecule has 1 aromatic carbocycles. The lowest BCUT2D eigenvalue weighted by atomic mass is 10.2. The summed E-state index contributed by atoms with van der Waals surface area (Å²) in [5, 5.41) is 12.1. The van der Waals surface area contributed by atoms with Gasteiger partial charge >= 0.3 is 6.01 Å². The molecule has 6 nitrogen and oxygen atoms in total. The summed E-state index contributed by atoms with van der Waals surface area (Å²) in [5.41, 5.74) is 0.802. The van der Waals surface area contributed by atoms with Crippen LogP contribution in [0, 0.1) is 0 Å². The Labute approximate surface area is 121 Å². The molecule has 7 heteroatoms. The lowest BCUT2D eigenvalue weighted by Gasteiger charge is -2.07. The van der Waals surface area contributed by atoms with Crippen LogP contribution in [-0.4, -0.2) is 26.6 Å². The topological polar surface area (TPSA) is 80.2 Å². The van der Waals surface area contributed by atoms with Crippen molar-refractivity contribution in [2.24, 2.45) is 0 Å². The summed E-state index contributed by atoms with van der Waals surface area (Å²) in [5.74, 6) is 0.944. The minimum Gasteiger partial charge on any atom is -0.424 e. The maximum absolute atomic E-state index is 8.97. The van der Waals surface area contributed by atoms with E-state index in [1.807, 2.05) is 6.92 Å². The SMILES string of the molecule is CCCNc1nc(Cl)nc(Oc2ccc(CO)cc2)n1. The zero-order chi connectivity index (χ0) is 14.4. The largest absolute Gasteiger partial charge is 0.424 e. The van der Waals surface area contributed by atoms with Gasteiger partial charge in [0, 0.05) is 6.54 Å². The monoisotopic (exact) mass is 294 g/mol. The van der Waals surface area contributed by atoms with Crippen molar-refractivity contribution >= 4 is 17.5 Å². The number of ether oxygens (including phenoxy) is 1. The molecular formula is C13H15ClN4O2. The average Bonchev–Trinajstić information content (AvgIpc) is 2.45. The van der Waals surface area contributed by atoms with E-state index >= 15 is 0 Å². The van der Waals surface area contributed by atoms with Gasteiger partial charge in [0.2, 0.25) is 11.2 Å². The number of hydrogen-bond donors (Lipinski definition) is 2. The third-order valence-corrected chi connectivity index (χ3v) is 2.60. The normalized spacial score (nSPS) is 10.3. The number of hydrogen-bond acceptors (Lipinski definition) is 6. The van der Waals surface area contributed by atoms with E-state index in [-0.39, 0.29) is 17.9 Å². The molecule has 1 aromatic heterocycles. The Hall–Kier alpha value is -1.92. The van der Waals surface area contributed by atoms with Crippen molar-refractivity contribution in [2.75, 3.05) is 11.9 Å². The summed E-state index contributed by atoms with van der Waals surface area (Å²) in [6.45, 7) is 2.77. The number of halogens is 1. The second-order valence-electron chi connectivity index (χ2n) is 4.04. The van der Waals surface area contributed by atoms with Gasteiger partial charge in [-0.15, -0.1) is 0 Å². The Bertz CT molecular complexity index is 563. The molecule has 0 saturated carbocycles. The average molecular weight is 295 g/mol. The van der Waals surface area contributed by atoms with Gasteiger partial charge in [-0.1, -0.05) is 19.1 Å².